The highest BCUT2D eigenvalue weighted by atomic mass is 16.4. The molecule has 1 aromatic carbocycles. The quantitative estimate of drug-likeness (QED) is 0.907. The maximum atomic E-state index is 11.4. The lowest BCUT2D eigenvalue weighted by atomic mass is 9.89. The third-order valence-electron chi connectivity index (χ3n) is 4.44. The molecule has 0 radical (unpaired) electrons. The Labute approximate surface area is 121 Å². The van der Waals surface area contributed by atoms with E-state index in [1.807, 2.05) is 19.1 Å². The first kappa shape index (κ1) is 14.9. The average molecular weight is 275 g/mol. The summed E-state index contributed by atoms with van der Waals surface area (Å²) >= 11 is 0. The largest absolute Gasteiger partial charge is 0.478 e. The van der Waals surface area contributed by atoms with Crippen molar-refractivity contribution in [3.8, 4) is 0 Å². The minimum atomic E-state index is -0.826. The number of hydrogen-bond acceptors (Lipinski definition) is 2. The van der Waals surface area contributed by atoms with E-state index in [-0.39, 0.29) is 0 Å². The maximum Gasteiger partial charge on any atom is 0.337 e. The van der Waals surface area contributed by atoms with Crippen molar-refractivity contribution in [3.05, 3.63) is 29.3 Å². The van der Waals surface area contributed by atoms with E-state index >= 15 is 0 Å². The second-order valence-corrected chi connectivity index (χ2v) is 6.25. The number of rotatable bonds is 3. The minimum Gasteiger partial charge on any atom is -0.478 e. The zero-order chi connectivity index (χ0) is 14.7. The molecule has 0 saturated carbocycles. The Morgan fingerprint density at radius 3 is 2.70 bits per heavy atom. The monoisotopic (exact) mass is 275 g/mol. The van der Waals surface area contributed by atoms with Crippen LogP contribution in [0.15, 0.2) is 18.2 Å². The number of aryl methyl sites for hydroxylation is 1. The predicted molar refractivity (Wildman–Crippen MR) is 82.5 cm³/mol. The summed E-state index contributed by atoms with van der Waals surface area (Å²) in [7, 11) is 0. The van der Waals surface area contributed by atoms with Crippen molar-refractivity contribution in [2.24, 2.45) is 11.8 Å². The van der Waals surface area contributed by atoms with E-state index < -0.39 is 5.97 Å². The summed E-state index contributed by atoms with van der Waals surface area (Å²) in [6.07, 6.45) is 3.56. The van der Waals surface area contributed by atoms with Gasteiger partial charge in [0.25, 0.3) is 0 Å². The highest BCUT2D eigenvalue weighted by Gasteiger charge is 2.22. The first-order valence-electron chi connectivity index (χ1n) is 7.58. The van der Waals surface area contributed by atoms with Crippen LogP contribution in [0.5, 0.6) is 0 Å². The molecule has 0 bridgehead atoms. The Kier molecular flexibility index (Phi) is 4.69. The van der Waals surface area contributed by atoms with Crippen molar-refractivity contribution in [1.29, 1.82) is 0 Å². The smallest absolute Gasteiger partial charge is 0.337 e. The first-order chi connectivity index (χ1) is 9.49. The molecule has 1 fully saturated rings. The molecule has 1 aromatic rings. The molecule has 1 aliphatic rings. The van der Waals surface area contributed by atoms with Crippen LogP contribution in [0.4, 0.5) is 5.69 Å². The van der Waals surface area contributed by atoms with Crippen molar-refractivity contribution < 1.29 is 9.90 Å². The lowest BCUT2D eigenvalue weighted by Gasteiger charge is -2.25. The van der Waals surface area contributed by atoms with Gasteiger partial charge in [0.1, 0.15) is 0 Å². The normalized spacial score (nSPS) is 20.0. The van der Waals surface area contributed by atoms with Crippen LogP contribution in [-0.4, -0.2) is 24.2 Å². The van der Waals surface area contributed by atoms with Gasteiger partial charge < -0.3 is 10.0 Å². The van der Waals surface area contributed by atoms with Gasteiger partial charge in [-0.1, -0.05) is 25.5 Å². The molecule has 0 aromatic heterocycles. The lowest BCUT2D eigenvalue weighted by molar-refractivity contribution is 0.0697. The zero-order valence-corrected chi connectivity index (χ0v) is 12.7. The van der Waals surface area contributed by atoms with E-state index in [2.05, 4.69) is 18.7 Å². The molecule has 2 rings (SSSR count). The van der Waals surface area contributed by atoms with Crippen LogP contribution in [0.3, 0.4) is 0 Å². The summed E-state index contributed by atoms with van der Waals surface area (Å²) in [5.74, 6) is 0.652. The summed E-state index contributed by atoms with van der Waals surface area (Å²) in [6, 6.07) is 5.75. The molecule has 110 valence electrons. The Morgan fingerprint density at radius 2 is 2.05 bits per heavy atom. The lowest BCUT2D eigenvalue weighted by Crippen LogP contribution is -2.26. The Bertz CT molecular complexity index is 482. The van der Waals surface area contributed by atoms with Crippen molar-refractivity contribution >= 4 is 11.7 Å². The van der Waals surface area contributed by atoms with Crippen molar-refractivity contribution in [1.82, 2.24) is 0 Å². The molecule has 1 heterocycles. The number of carboxylic acids is 1. The van der Waals surface area contributed by atoms with E-state index in [1.54, 1.807) is 6.07 Å². The van der Waals surface area contributed by atoms with E-state index in [0.717, 1.165) is 43.1 Å². The van der Waals surface area contributed by atoms with Gasteiger partial charge in [-0.3, -0.25) is 0 Å². The predicted octanol–water partition coefficient (Wildman–Crippen LogP) is 3.96. The number of carboxylic acid groups (broad SMARTS) is 1. The molecule has 1 saturated heterocycles. The summed E-state index contributed by atoms with van der Waals surface area (Å²) in [4.78, 5) is 13.7. The van der Waals surface area contributed by atoms with Gasteiger partial charge in [-0.2, -0.15) is 0 Å². The average Bonchev–Trinajstić information content (AvgIpc) is 2.64. The van der Waals surface area contributed by atoms with E-state index in [1.165, 1.54) is 6.42 Å². The molecular formula is C17H25NO2. The number of nitrogens with zero attached hydrogens (tertiary/aromatic N) is 1. The standard InChI is InChI=1S/C17H25NO2/c1-12(2)14-5-4-9-18(10-8-14)16-7-6-13(3)11-15(16)17(19)20/h6-7,11-12,14H,4-5,8-10H2,1-3H3,(H,19,20). The summed E-state index contributed by atoms with van der Waals surface area (Å²) < 4.78 is 0. The summed E-state index contributed by atoms with van der Waals surface area (Å²) in [6.45, 7) is 8.44. The molecule has 1 aliphatic heterocycles. The fraction of sp³-hybridized carbons (Fsp3) is 0.588. The van der Waals surface area contributed by atoms with Crippen molar-refractivity contribution in [3.63, 3.8) is 0 Å². The molecule has 0 aliphatic carbocycles. The number of aromatic carboxylic acids is 1. The van der Waals surface area contributed by atoms with Gasteiger partial charge in [0.05, 0.1) is 11.3 Å². The van der Waals surface area contributed by atoms with Gasteiger partial charge in [-0.05, 0) is 50.2 Å². The Hall–Kier alpha value is -1.51. The van der Waals surface area contributed by atoms with E-state index in [4.69, 9.17) is 0 Å². The Balaban J connectivity index is 2.21. The highest BCUT2D eigenvalue weighted by molar-refractivity contribution is 5.94. The maximum absolute atomic E-state index is 11.4. The van der Waals surface area contributed by atoms with Gasteiger partial charge in [-0.25, -0.2) is 4.79 Å². The molecule has 1 unspecified atom stereocenters. The number of carbonyl (C=O) groups is 1. The Morgan fingerprint density at radius 1 is 1.30 bits per heavy atom. The van der Waals surface area contributed by atoms with Gasteiger partial charge in [0, 0.05) is 13.1 Å². The molecule has 20 heavy (non-hydrogen) atoms. The number of hydrogen-bond donors (Lipinski definition) is 1. The molecule has 3 heteroatoms. The molecule has 1 atom stereocenters. The van der Waals surface area contributed by atoms with Gasteiger partial charge in [0.2, 0.25) is 0 Å². The van der Waals surface area contributed by atoms with Crippen LogP contribution in [-0.2, 0) is 0 Å². The SMILES string of the molecule is Cc1ccc(N2CCCC(C(C)C)CC2)c(C(=O)O)c1. The third kappa shape index (κ3) is 3.33. The van der Waals surface area contributed by atoms with Crippen LogP contribution in [0, 0.1) is 18.8 Å². The van der Waals surface area contributed by atoms with E-state index in [0.29, 0.717) is 11.5 Å². The van der Waals surface area contributed by atoms with Crippen LogP contribution in [0.25, 0.3) is 0 Å². The molecule has 3 nitrogen and oxygen atoms in total. The van der Waals surface area contributed by atoms with Crippen molar-refractivity contribution in [2.45, 2.75) is 40.0 Å². The molecule has 1 N–H and O–H groups in total. The topological polar surface area (TPSA) is 40.5 Å². The van der Waals surface area contributed by atoms with E-state index in [9.17, 15) is 9.90 Å². The van der Waals surface area contributed by atoms with Gasteiger partial charge in [-0.15, -0.1) is 0 Å². The van der Waals surface area contributed by atoms with Gasteiger partial charge in [0.15, 0.2) is 0 Å². The van der Waals surface area contributed by atoms with Crippen molar-refractivity contribution in [2.75, 3.05) is 18.0 Å². The summed E-state index contributed by atoms with van der Waals surface area (Å²) in [5, 5.41) is 9.40. The second kappa shape index (κ2) is 6.29. The highest BCUT2D eigenvalue weighted by Crippen LogP contribution is 2.29. The van der Waals surface area contributed by atoms with Gasteiger partial charge >= 0.3 is 5.97 Å². The first-order valence-corrected chi connectivity index (χ1v) is 7.58. The van der Waals surface area contributed by atoms with Crippen LogP contribution < -0.4 is 4.90 Å². The zero-order valence-electron chi connectivity index (χ0n) is 12.7. The molecule has 0 amide bonds. The van der Waals surface area contributed by atoms with Crippen LogP contribution >= 0.6 is 0 Å². The van der Waals surface area contributed by atoms with Crippen LogP contribution in [0.1, 0.15) is 49.0 Å². The molecular weight excluding hydrogens is 250 g/mol. The number of benzene rings is 1. The second-order valence-electron chi connectivity index (χ2n) is 6.25. The number of anilines is 1. The third-order valence-corrected chi connectivity index (χ3v) is 4.44. The fourth-order valence-electron chi connectivity index (χ4n) is 3.13. The fourth-order valence-corrected chi connectivity index (χ4v) is 3.13. The minimum absolute atomic E-state index is 0.438. The summed E-state index contributed by atoms with van der Waals surface area (Å²) in [5.41, 5.74) is 2.32. The molecule has 0 spiro atoms. The van der Waals surface area contributed by atoms with Crippen LogP contribution in [0.2, 0.25) is 0 Å².